The van der Waals surface area contributed by atoms with Gasteiger partial charge in [-0.3, -0.25) is 10.1 Å². The fourth-order valence-corrected chi connectivity index (χ4v) is 4.73. The van der Waals surface area contributed by atoms with Gasteiger partial charge in [0.2, 0.25) is 5.88 Å². The highest BCUT2D eigenvalue weighted by Crippen LogP contribution is 2.27. The van der Waals surface area contributed by atoms with E-state index in [4.69, 9.17) is 9.84 Å². The molecule has 43 heavy (non-hydrogen) atoms. The molecule has 11 heteroatoms. The van der Waals surface area contributed by atoms with Gasteiger partial charge in [-0.2, -0.15) is 5.10 Å². The molecule has 1 saturated heterocycles. The summed E-state index contributed by atoms with van der Waals surface area (Å²) in [4.78, 5) is 31.3. The van der Waals surface area contributed by atoms with Crippen molar-refractivity contribution in [1.29, 1.82) is 0 Å². The van der Waals surface area contributed by atoms with E-state index in [1.807, 2.05) is 37.3 Å². The van der Waals surface area contributed by atoms with E-state index in [9.17, 15) is 18.4 Å². The number of halogens is 2. The van der Waals surface area contributed by atoms with Gasteiger partial charge in [0, 0.05) is 43.5 Å². The zero-order valence-electron chi connectivity index (χ0n) is 24.5. The Morgan fingerprint density at radius 1 is 0.953 bits per heavy atom. The predicted molar refractivity (Wildman–Crippen MR) is 160 cm³/mol. The maximum Gasteiger partial charge on any atom is 0.324 e. The number of aromatic nitrogens is 3. The lowest BCUT2D eigenvalue weighted by Gasteiger charge is -2.32. The Bertz CT molecular complexity index is 1590. The third-order valence-corrected chi connectivity index (χ3v) is 7.19. The molecule has 0 aliphatic carbocycles. The number of amides is 3. The van der Waals surface area contributed by atoms with Crippen LogP contribution in [-0.4, -0.2) is 50.8 Å². The molecule has 1 fully saturated rings. The van der Waals surface area contributed by atoms with Crippen molar-refractivity contribution >= 4 is 23.4 Å². The summed E-state index contributed by atoms with van der Waals surface area (Å²) in [5.74, 6) is -1.52. The van der Waals surface area contributed by atoms with Gasteiger partial charge in [-0.1, -0.05) is 44.5 Å². The molecule has 0 atom stereocenters. The van der Waals surface area contributed by atoms with Gasteiger partial charge >= 0.3 is 6.03 Å². The van der Waals surface area contributed by atoms with E-state index in [1.54, 1.807) is 16.8 Å². The summed E-state index contributed by atoms with van der Waals surface area (Å²) in [6.07, 6.45) is 2.24. The quantitative estimate of drug-likeness (QED) is 0.269. The minimum Gasteiger partial charge on any atom is -0.474 e. The fraction of sp³-hybridized carbons (Fsp3) is 0.312. The Kier molecular flexibility index (Phi) is 8.43. The van der Waals surface area contributed by atoms with Crippen LogP contribution in [0.3, 0.4) is 0 Å². The molecular formula is C32H34F2N6O3. The zero-order chi connectivity index (χ0) is 30.7. The second-order valence-electron chi connectivity index (χ2n) is 11.6. The predicted octanol–water partition coefficient (Wildman–Crippen LogP) is 6.48. The summed E-state index contributed by atoms with van der Waals surface area (Å²) in [7, 11) is 0. The average molecular weight is 589 g/mol. The van der Waals surface area contributed by atoms with E-state index < -0.39 is 29.1 Å². The number of anilines is 2. The van der Waals surface area contributed by atoms with Crippen LogP contribution in [-0.2, 0) is 5.41 Å². The molecule has 1 aliphatic rings. The van der Waals surface area contributed by atoms with E-state index in [-0.39, 0.29) is 11.5 Å². The lowest BCUT2D eigenvalue weighted by atomic mass is 9.92. The molecule has 0 unspecified atom stereocenters. The number of carbonyl (C=O) groups is 2. The maximum atomic E-state index is 14.0. The van der Waals surface area contributed by atoms with Gasteiger partial charge in [-0.25, -0.2) is 23.2 Å². The number of urea groups is 1. The number of ether oxygens (including phenoxy) is 1. The minimum absolute atomic E-state index is 0.216. The first kappa shape index (κ1) is 29.7. The van der Waals surface area contributed by atoms with Gasteiger partial charge in [-0.15, -0.1) is 0 Å². The van der Waals surface area contributed by atoms with Gasteiger partial charge in [0.05, 0.1) is 23.3 Å². The third-order valence-electron chi connectivity index (χ3n) is 7.19. The topological polar surface area (TPSA) is 101 Å². The van der Waals surface area contributed by atoms with Gasteiger partial charge in [0.25, 0.3) is 5.91 Å². The highest BCUT2D eigenvalue weighted by atomic mass is 19.1. The summed E-state index contributed by atoms with van der Waals surface area (Å²) in [5.41, 5.74) is 2.50. The number of hydrogen-bond acceptors (Lipinski definition) is 5. The minimum atomic E-state index is -0.874. The number of piperidine rings is 1. The number of benzene rings is 2. The Morgan fingerprint density at radius 2 is 1.63 bits per heavy atom. The molecule has 3 amide bonds. The summed E-state index contributed by atoms with van der Waals surface area (Å²) < 4.78 is 35.7. The molecule has 0 spiro atoms. The van der Waals surface area contributed by atoms with Crippen molar-refractivity contribution in [3.63, 3.8) is 0 Å². The van der Waals surface area contributed by atoms with E-state index in [1.165, 1.54) is 17.2 Å². The maximum absolute atomic E-state index is 14.0. The van der Waals surface area contributed by atoms with Crippen LogP contribution in [0.25, 0.3) is 5.69 Å². The highest BCUT2D eigenvalue weighted by Gasteiger charge is 2.28. The number of aryl methyl sites for hydroxylation is 1. The van der Waals surface area contributed by atoms with Crippen molar-refractivity contribution in [2.45, 2.75) is 52.1 Å². The first-order chi connectivity index (χ1) is 20.5. The monoisotopic (exact) mass is 588 g/mol. The van der Waals surface area contributed by atoms with Crippen molar-refractivity contribution in [2.75, 3.05) is 23.7 Å². The molecule has 5 rings (SSSR count). The van der Waals surface area contributed by atoms with Gasteiger partial charge in [0.1, 0.15) is 29.1 Å². The van der Waals surface area contributed by atoms with Crippen molar-refractivity contribution in [3.8, 4) is 11.6 Å². The molecule has 3 heterocycles. The van der Waals surface area contributed by atoms with Crippen LogP contribution < -0.4 is 15.4 Å². The summed E-state index contributed by atoms with van der Waals surface area (Å²) in [6, 6.07) is 16.0. The highest BCUT2D eigenvalue weighted by molar-refractivity contribution is 5.99. The number of likely N-dealkylation sites (tertiary alicyclic amines) is 1. The zero-order valence-corrected chi connectivity index (χ0v) is 24.5. The van der Waals surface area contributed by atoms with Gasteiger partial charge in [-0.05, 0) is 37.3 Å². The van der Waals surface area contributed by atoms with Crippen LogP contribution in [0.5, 0.6) is 5.88 Å². The smallest absolute Gasteiger partial charge is 0.324 e. The average Bonchev–Trinajstić information content (AvgIpc) is 3.39. The second kappa shape index (κ2) is 12.2. The molecule has 2 aromatic carbocycles. The molecule has 0 radical (unpaired) electrons. The van der Waals surface area contributed by atoms with Crippen LogP contribution >= 0.6 is 0 Å². The van der Waals surface area contributed by atoms with Gasteiger partial charge < -0.3 is 15.0 Å². The lowest BCUT2D eigenvalue weighted by Crippen LogP contribution is -2.42. The standard InChI is InChI=1S/C32H34F2N6O3/c1-20-8-11-22(12-9-20)40-27(18-26(38-40)32(2,3)4)37-31(42)36-21-10-13-28(35-19-21)43-23-14-16-39(17-15-23)30(41)29-24(33)6-5-7-25(29)34/h5-13,18-19,23H,14-17H2,1-4H3,(H2,36,37,42). The largest absolute Gasteiger partial charge is 0.474 e. The van der Waals surface area contributed by atoms with E-state index >= 15 is 0 Å². The molecule has 0 saturated carbocycles. The number of hydrogen-bond donors (Lipinski definition) is 2. The van der Waals surface area contributed by atoms with Crippen LogP contribution in [0.2, 0.25) is 0 Å². The summed E-state index contributed by atoms with van der Waals surface area (Å²) in [5, 5.41) is 10.4. The molecule has 1 aliphatic heterocycles. The van der Waals surface area contributed by atoms with Crippen molar-refractivity contribution < 1.29 is 23.1 Å². The molecule has 4 aromatic rings. The molecule has 2 N–H and O–H groups in total. The molecular weight excluding hydrogens is 554 g/mol. The second-order valence-corrected chi connectivity index (χ2v) is 11.6. The van der Waals surface area contributed by atoms with E-state index in [2.05, 4.69) is 36.4 Å². The van der Waals surface area contributed by atoms with Crippen LogP contribution in [0.4, 0.5) is 25.1 Å². The van der Waals surface area contributed by atoms with Crippen molar-refractivity contribution in [3.05, 3.63) is 95.3 Å². The van der Waals surface area contributed by atoms with Crippen LogP contribution in [0, 0.1) is 18.6 Å². The molecule has 224 valence electrons. The van der Waals surface area contributed by atoms with E-state index in [0.717, 1.165) is 29.1 Å². The molecule has 2 aromatic heterocycles. The van der Waals surface area contributed by atoms with E-state index in [0.29, 0.717) is 43.3 Å². The van der Waals surface area contributed by atoms with Crippen molar-refractivity contribution in [2.24, 2.45) is 0 Å². The Balaban J connectivity index is 1.17. The molecule has 9 nitrogen and oxygen atoms in total. The SMILES string of the molecule is Cc1ccc(-n2nc(C(C)(C)C)cc2NC(=O)Nc2ccc(OC3CCN(C(=O)c4c(F)cccc4F)CC3)nc2)cc1. The lowest BCUT2D eigenvalue weighted by molar-refractivity contribution is 0.0579. The summed E-state index contributed by atoms with van der Waals surface area (Å²) >= 11 is 0. The molecule has 0 bridgehead atoms. The fourth-order valence-electron chi connectivity index (χ4n) is 4.73. The Hall–Kier alpha value is -4.80. The number of nitrogens with one attached hydrogen (secondary N) is 2. The third kappa shape index (κ3) is 6.99. The van der Waals surface area contributed by atoms with Crippen LogP contribution in [0.1, 0.15) is 55.2 Å². The van der Waals surface area contributed by atoms with Crippen molar-refractivity contribution in [1.82, 2.24) is 19.7 Å². The number of rotatable bonds is 6. The first-order valence-corrected chi connectivity index (χ1v) is 14.1. The first-order valence-electron chi connectivity index (χ1n) is 14.1. The number of nitrogens with zero attached hydrogens (tertiary/aromatic N) is 4. The normalized spacial score (nSPS) is 14.0. The Labute approximate surface area is 248 Å². The van der Waals surface area contributed by atoms with Gasteiger partial charge in [0.15, 0.2) is 0 Å². The van der Waals surface area contributed by atoms with Crippen LogP contribution in [0.15, 0.2) is 66.9 Å². The summed E-state index contributed by atoms with van der Waals surface area (Å²) in [6.45, 7) is 8.78. The Morgan fingerprint density at radius 3 is 2.23 bits per heavy atom. The number of carbonyl (C=O) groups excluding carboxylic acids is 2. The number of pyridine rings is 1.